The van der Waals surface area contributed by atoms with Gasteiger partial charge in [-0.3, -0.25) is 9.52 Å². The van der Waals surface area contributed by atoms with Crippen LogP contribution in [0.4, 0.5) is 5.69 Å². The summed E-state index contributed by atoms with van der Waals surface area (Å²) in [5.74, 6) is 0.282. The van der Waals surface area contributed by atoms with E-state index in [0.717, 1.165) is 34.6 Å². The van der Waals surface area contributed by atoms with E-state index in [4.69, 9.17) is 4.74 Å². The van der Waals surface area contributed by atoms with Crippen LogP contribution in [0.5, 0.6) is 0 Å². The van der Waals surface area contributed by atoms with Crippen LogP contribution in [0.3, 0.4) is 0 Å². The Morgan fingerprint density at radius 2 is 2.03 bits per heavy atom. The molecule has 0 unspecified atom stereocenters. The summed E-state index contributed by atoms with van der Waals surface area (Å²) in [7, 11) is -2.77. The summed E-state index contributed by atoms with van der Waals surface area (Å²) in [6.07, 6.45) is 6.74. The monoisotopic (exact) mass is 486 g/mol. The van der Waals surface area contributed by atoms with Gasteiger partial charge in [0.05, 0.1) is 19.2 Å². The van der Waals surface area contributed by atoms with Crippen LogP contribution in [0.25, 0.3) is 0 Å². The molecule has 2 heterocycles. The first-order valence-corrected chi connectivity index (χ1v) is 13.4. The third kappa shape index (κ3) is 3.97. The fourth-order valence-corrected chi connectivity index (χ4v) is 8.22. The normalized spacial score (nSPS) is 23.5. The van der Waals surface area contributed by atoms with Crippen molar-refractivity contribution < 1.29 is 22.7 Å². The van der Waals surface area contributed by atoms with Gasteiger partial charge in [0.2, 0.25) is 5.91 Å². The van der Waals surface area contributed by atoms with Crippen molar-refractivity contribution in [3.8, 4) is 0 Å². The van der Waals surface area contributed by atoms with Crippen LogP contribution >= 0.6 is 11.3 Å². The summed E-state index contributed by atoms with van der Waals surface area (Å²) in [5.41, 5.74) is 2.11. The Balaban J connectivity index is 1.45. The molecule has 0 spiro atoms. The van der Waals surface area contributed by atoms with E-state index in [-0.39, 0.29) is 21.6 Å². The minimum absolute atomic E-state index is 0.00720. The molecule has 1 saturated carbocycles. The molecule has 1 aromatic heterocycles. The number of esters is 1. The number of carbonyl (C=O) groups is 2. The van der Waals surface area contributed by atoms with Crippen LogP contribution in [0.1, 0.15) is 39.2 Å². The Bertz CT molecular complexity index is 1260. The molecule has 1 aliphatic heterocycles. The minimum Gasteiger partial charge on any atom is -0.465 e. The maximum Gasteiger partial charge on any atom is 0.340 e. The molecule has 0 radical (unpaired) electrons. The van der Waals surface area contributed by atoms with Crippen molar-refractivity contribution in [1.82, 2.24) is 4.90 Å². The SMILES string of the molecule is COC(=O)c1c(S(=O)(=O)Nc2cccc(C)c2)sc2c1CCN(C(=O)[C@@H]1C[C@H]3C=C[C@@H]1C3)C2. The number of nitrogens with zero attached hydrogens (tertiary/aromatic N) is 1. The molecule has 3 atom stereocenters. The molecule has 33 heavy (non-hydrogen) atoms. The van der Waals surface area contributed by atoms with Crippen LogP contribution in [-0.2, 0) is 32.5 Å². The van der Waals surface area contributed by atoms with E-state index in [1.807, 2.05) is 17.9 Å². The maximum absolute atomic E-state index is 13.3. The number of benzene rings is 1. The van der Waals surface area contributed by atoms with Gasteiger partial charge in [0, 0.05) is 23.0 Å². The number of sulfonamides is 1. The Hall–Kier alpha value is -2.65. The molecule has 1 aromatic carbocycles. The number of nitrogens with one attached hydrogen (secondary N) is 1. The number of rotatable bonds is 5. The van der Waals surface area contributed by atoms with Crippen LogP contribution in [0.15, 0.2) is 40.6 Å². The molecule has 9 heteroatoms. The van der Waals surface area contributed by atoms with Gasteiger partial charge >= 0.3 is 5.97 Å². The summed E-state index contributed by atoms with van der Waals surface area (Å²) >= 11 is 1.06. The maximum atomic E-state index is 13.3. The first-order valence-electron chi connectivity index (χ1n) is 11.1. The smallest absolute Gasteiger partial charge is 0.340 e. The van der Waals surface area contributed by atoms with Crippen molar-refractivity contribution in [2.75, 3.05) is 18.4 Å². The highest BCUT2D eigenvalue weighted by molar-refractivity contribution is 7.94. The van der Waals surface area contributed by atoms with Gasteiger partial charge in [0.15, 0.2) is 4.21 Å². The average Bonchev–Trinajstić information content (AvgIpc) is 3.51. The molecule has 0 saturated heterocycles. The zero-order chi connectivity index (χ0) is 23.3. The number of fused-ring (bicyclic) bond motifs is 3. The van der Waals surface area contributed by atoms with Crippen molar-refractivity contribution >= 4 is 38.9 Å². The van der Waals surface area contributed by atoms with Crippen molar-refractivity contribution in [2.45, 2.75) is 36.9 Å². The van der Waals surface area contributed by atoms with E-state index >= 15 is 0 Å². The second-order valence-corrected chi connectivity index (χ2v) is 12.0. The molecular weight excluding hydrogens is 460 g/mol. The zero-order valence-electron chi connectivity index (χ0n) is 18.5. The number of methoxy groups -OCH3 is 1. The number of anilines is 1. The highest BCUT2D eigenvalue weighted by atomic mass is 32.2. The average molecular weight is 487 g/mol. The first kappa shape index (κ1) is 22.2. The van der Waals surface area contributed by atoms with Crippen LogP contribution in [0.2, 0.25) is 0 Å². The van der Waals surface area contributed by atoms with E-state index in [9.17, 15) is 18.0 Å². The van der Waals surface area contributed by atoms with E-state index in [1.165, 1.54) is 7.11 Å². The summed E-state index contributed by atoms with van der Waals surface area (Å²) in [5, 5.41) is 0. The molecule has 1 amide bonds. The van der Waals surface area contributed by atoms with Gasteiger partial charge < -0.3 is 9.64 Å². The number of thiophene rings is 1. The molecule has 2 aliphatic carbocycles. The molecular formula is C24H26N2O5S2. The number of hydrogen-bond acceptors (Lipinski definition) is 6. The Morgan fingerprint density at radius 3 is 2.70 bits per heavy atom. The van der Waals surface area contributed by atoms with Crippen LogP contribution in [-0.4, -0.2) is 38.8 Å². The number of carbonyl (C=O) groups excluding carboxylic acids is 2. The fraction of sp³-hybridized carbons (Fsp3) is 0.417. The number of amides is 1. The lowest BCUT2D eigenvalue weighted by Gasteiger charge is -2.31. The third-order valence-corrected chi connectivity index (χ3v) is 9.95. The highest BCUT2D eigenvalue weighted by Gasteiger charge is 2.43. The standard InChI is InChI=1S/C24H26N2O5S2/c1-14-4-3-5-17(10-14)25-33(29,30)24-21(23(28)31-2)18-8-9-26(13-20(18)32-24)22(27)19-12-15-6-7-16(19)11-15/h3-7,10,15-16,19,25H,8-9,11-13H2,1-2H3/t15-,16+,19+/m0/s1. The van der Waals surface area contributed by atoms with Gasteiger partial charge in [0.1, 0.15) is 0 Å². The lowest BCUT2D eigenvalue weighted by molar-refractivity contribution is -0.137. The first-order chi connectivity index (χ1) is 15.8. The number of ether oxygens (including phenoxy) is 1. The second-order valence-electron chi connectivity index (χ2n) is 9.03. The Kier molecular flexibility index (Phi) is 5.56. The third-order valence-electron chi connectivity index (χ3n) is 6.84. The second kappa shape index (κ2) is 8.29. The van der Waals surface area contributed by atoms with Crippen LogP contribution < -0.4 is 4.72 Å². The molecule has 2 bridgehead atoms. The Labute approximate surface area is 197 Å². The number of hydrogen-bond donors (Lipinski definition) is 1. The van der Waals surface area contributed by atoms with E-state index in [2.05, 4.69) is 16.9 Å². The minimum atomic E-state index is -4.02. The van der Waals surface area contributed by atoms with Gasteiger partial charge in [-0.15, -0.1) is 11.3 Å². The fourth-order valence-electron chi connectivity index (χ4n) is 5.27. The van der Waals surface area contributed by atoms with E-state index < -0.39 is 16.0 Å². The number of allylic oxidation sites excluding steroid dienone is 2. The highest BCUT2D eigenvalue weighted by Crippen LogP contribution is 2.45. The van der Waals surface area contributed by atoms with Crippen molar-refractivity contribution in [3.63, 3.8) is 0 Å². The topological polar surface area (TPSA) is 92.8 Å². The number of aryl methyl sites for hydroxylation is 1. The Morgan fingerprint density at radius 1 is 1.21 bits per heavy atom. The van der Waals surface area contributed by atoms with Crippen molar-refractivity contribution in [3.05, 3.63) is 58.0 Å². The lowest BCUT2D eigenvalue weighted by Crippen LogP contribution is -2.40. The summed E-state index contributed by atoms with van der Waals surface area (Å²) < 4.78 is 34.0. The van der Waals surface area contributed by atoms with Crippen molar-refractivity contribution in [2.24, 2.45) is 17.8 Å². The molecule has 5 rings (SSSR count). The van der Waals surface area contributed by atoms with E-state index in [0.29, 0.717) is 42.6 Å². The summed E-state index contributed by atoms with van der Waals surface area (Å²) in [6, 6.07) is 7.04. The van der Waals surface area contributed by atoms with Gasteiger partial charge in [-0.1, -0.05) is 24.3 Å². The predicted octanol–water partition coefficient (Wildman–Crippen LogP) is 3.74. The summed E-state index contributed by atoms with van der Waals surface area (Å²) in [6.45, 7) is 2.66. The zero-order valence-corrected chi connectivity index (χ0v) is 20.2. The quantitative estimate of drug-likeness (QED) is 0.513. The van der Waals surface area contributed by atoms with E-state index in [1.54, 1.807) is 18.2 Å². The largest absolute Gasteiger partial charge is 0.465 e. The van der Waals surface area contributed by atoms with Crippen molar-refractivity contribution in [1.29, 1.82) is 0 Å². The van der Waals surface area contributed by atoms with Crippen LogP contribution in [0, 0.1) is 24.7 Å². The van der Waals surface area contributed by atoms with Gasteiger partial charge in [-0.25, -0.2) is 13.2 Å². The molecule has 2 aromatic rings. The molecule has 7 nitrogen and oxygen atoms in total. The molecule has 3 aliphatic rings. The molecule has 1 N–H and O–H groups in total. The molecule has 1 fully saturated rings. The van der Waals surface area contributed by atoms with Gasteiger partial charge in [-0.2, -0.15) is 0 Å². The van der Waals surface area contributed by atoms with Gasteiger partial charge in [0.25, 0.3) is 10.0 Å². The predicted molar refractivity (Wildman–Crippen MR) is 126 cm³/mol. The summed E-state index contributed by atoms with van der Waals surface area (Å²) in [4.78, 5) is 28.4. The molecule has 174 valence electrons. The van der Waals surface area contributed by atoms with Gasteiger partial charge in [-0.05, 0) is 61.3 Å². The lowest BCUT2D eigenvalue weighted by atomic mass is 9.91.